The molecule has 0 aromatic heterocycles. The fourth-order valence-corrected chi connectivity index (χ4v) is 2.85. The number of methoxy groups -OCH3 is 1. The Morgan fingerprint density at radius 1 is 1.28 bits per heavy atom. The number of amides is 1. The molecule has 0 aliphatic heterocycles. The van der Waals surface area contributed by atoms with Crippen LogP contribution in [0.3, 0.4) is 0 Å². The highest BCUT2D eigenvalue weighted by atomic mass is 79.9. The van der Waals surface area contributed by atoms with Gasteiger partial charge in [0.15, 0.2) is 11.5 Å². The van der Waals surface area contributed by atoms with Gasteiger partial charge in [-0.15, -0.1) is 0 Å². The maximum atomic E-state index is 12.6. The summed E-state index contributed by atoms with van der Waals surface area (Å²) in [7, 11) is 1.51. The van der Waals surface area contributed by atoms with E-state index < -0.39 is 5.91 Å². The van der Waals surface area contributed by atoms with Gasteiger partial charge in [-0.1, -0.05) is 34.7 Å². The monoisotopic (exact) mass is 456 g/mol. The number of ether oxygens (including phenoxy) is 3. The zero-order valence-electron chi connectivity index (χ0n) is 16.2. The molecule has 2 rings (SSSR count). The van der Waals surface area contributed by atoms with Gasteiger partial charge in [-0.3, -0.25) is 4.79 Å². The molecular formula is C22H21BrN2O4. The third-order valence-electron chi connectivity index (χ3n) is 3.71. The number of anilines is 1. The molecule has 1 N–H and O–H groups in total. The van der Waals surface area contributed by atoms with Gasteiger partial charge in [-0.25, -0.2) is 0 Å². The average Bonchev–Trinajstić information content (AvgIpc) is 2.71. The Kier molecular flexibility index (Phi) is 8.31. The summed E-state index contributed by atoms with van der Waals surface area (Å²) in [6, 6.07) is 12.3. The predicted molar refractivity (Wildman–Crippen MR) is 116 cm³/mol. The van der Waals surface area contributed by atoms with Crippen molar-refractivity contribution in [3.8, 4) is 23.3 Å². The first kappa shape index (κ1) is 22.1. The highest BCUT2D eigenvalue weighted by Gasteiger charge is 2.14. The van der Waals surface area contributed by atoms with Gasteiger partial charge >= 0.3 is 0 Å². The van der Waals surface area contributed by atoms with Crippen LogP contribution >= 0.6 is 15.9 Å². The maximum Gasteiger partial charge on any atom is 0.266 e. The molecule has 7 heteroatoms. The van der Waals surface area contributed by atoms with Crippen molar-refractivity contribution < 1.29 is 19.0 Å². The standard InChI is InChI=1S/C22H21BrN2O4/c1-4-9-29-21-13-19(23)15(11-20(21)27-3)10-16(14-24)22(26)25-17-7-6-8-18(12-17)28-5-2/h4,6-8,10-13H,1,5,9H2,2-3H3,(H,25,26)/b16-10-. The Hall–Kier alpha value is -3.24. The molecule has 150 valence electrons. The molecule has 0 saturated carbocycles. The van der Waals surface area contributed by atoms with Gasteiger partial charge in [0.2, 0.25) is 0 Å². The molecule has 0 heterocycles. The highest BCUT2D eigenvalue weighted by molar-refractivity contribution is 9.10. The van der Waals surface area contributed by atoms with Crippen LogP contribution in [-0.2, 0) is 4.79 Å². The van der Waals surface area contributed by atoms with Gasteiger partial charge in [0.05, 0.1) is 13.7 Å². The van der Waals surface area contributed by atoms with E-state index in [4.69, 9.17) is 14.2 Å². The smallest absolute Gasteiger partial charge is 0.266 e. The first-order valence-electron chi connectivity index (χ1n) is 8.79. The number of carbonyl (C=O) groups is 1. The Morgan fingerprint density at radius 2 is 2.07 bits per heavy atom. The lowest BCUT2D eigenvalue weighted by molar-refractivity contribution is -0.112. The van der Waals surface area contributed by atoms with E-state index in [1.54, 1.807) is 42.5 Å². The number of halogens is 1. The molecule has 0 radical (unpaired) electrons. The van der Waals surface area contributed by atoms with Gasteiger partial charge in [-0.2, -0.15) is 5.26 Å². The molecule has 2 aromatic carbocycles. The van der Waals surface area contributed by atoms with Gasteiger partial charge in [-0.05, 0) is 42.8 Å². The molecule has 0 fully saturated rings. The van der Waals surface area contributed by atoms with Crippen molar-refractivity contribution in [2.75, 3.05) is 25.6 Å². The zero-order chi connectivity index (χ0) is 21.2. The second-order valence-corrected chi connectivity index (χ2v) is 6.56. The van der Waals surface area contributed by atoms with E-state index in [0.717, 1.165) is 0 Å². The molecule has 0 atom stereocenters. The molecule has 6 nitrogen and oxygen atoms in total. The summed E-state index contributed by atoms with van der Waals surface area (Å²) < 4.78 is 17.0. The molecule has 1 amide bonds. The second kappa shape index (κ2) is 10.9. The minimum Gasteiger partial charge on any atom is -0.494 e. The third-order valence-corrected chi connectivity index (χ3v) is 4.39. The van der Waals surface area contributed by atoms with Crippen LogP contribution in [0.15, 0.2) is 59.1 Å². The van der Waals surface area contributed by atoms with Crippen LogP contribution in [-0.4, -0.2) is 26.2 Å². The molecule has 29 heavy (non-hydrogen) atoms. The lowest BCUT2D eigenvalue weighted by Crippen LogP contribution is -2.13. The minimum atomic E-state index is -0.529. The van der Waals surface area contributed by atoms with Gasteiger partial charge < -0.3 is 19.5 Å². The normalized spacial score (nSPS) is 10.6. The lowest BCUT2D eigenvalue weighted by Gasteiger charge is -2.12. The molecule has 0 aliphatic rings. The Morgan fingerprint density at radius 3 is 2.72 bits per heavy atom. The summed E-state index contributed by atoms with van der Waals surface area (Å²) in [5.41, 5.74) is 1.07. The SMILES string of the molecule is C=CCOc1cc(Br)c(/C=C(/C#N)C(=O)Nc2cccc(OCC)c2)cc1OC. The number of hydrogen-bond donors (Lipinski definition) is 1. The van der Waals surface area contributed by atoms with Crippen molar-refractivity contribution in [2.45, 2.75) is 6.92 Å². The fraction of sp³-hybridized carbons (Fsp3) is 0.182. The maximum absolute atomic E-state index is 12.6. The number of nitrogens with one attached hydrogen (secondary N) is 1. The van der Waals surface area contributed by atoms with E-state index >= 15 is 0 Å². The first-order chi connectivity index (χ1) is 14.0. The minimum absolute atomic E-state index is 0.0608. The summed E-state index contributed by atoms with van der Waals surface area (Å²) in [5.74, 6) is 1.10. The first-order valence-corrected chi connectivity index (χ1v) is 9.58. The second-order valence-electron chi connectivity index (χ2n) is 5.71. The number of nitrogens with zero attached hydrogens (tertiary/aromatic N) is 1. The third kappa shape index (κ3) is 6.13. The summed E-state index contributed by atoms with van der Waals surface area (Å²) in [5, 5.41) is 12.2. The summed E-state index contributed by atoms with van der Waals surface area (Å²) >= 11 is 3.44. The molecule has 0 aliphatic carbocycles. The summed E-state index contributed by atoms with van der Waals surface area (Å²) in [4.78, 5) is 12.6. The van der Waals surface area contributed by atoms with Crippen molar-refractivity contribution in [1.29, 1.82) is 5.26 Å². The van der Waals surface area contributed by atoms with E-state index in [9.17, 15) is 10.1 Å². The fourth-order valence-electron chi connectivity index (χ4n) is 2.42. The van der Waals surface area contributed by atoms with E-state index in [-0.39, 0.29) is 5.57 Å². The number of rotatable bonds is 9. The predicted octanol–water partition coefficient (Wildman–Crippen LogP) is 4.97. The van der Waals surface area contributed by atoms with E-state index in [2.05, 4.69) is 27.8 Å². The number of hydrogen-bond acceptors (Lipinski definition) is 5. The van der Waals surface area contributed by atoms with Crippen molar-refractivity contribution in [1.82, 2.24) is 0 Å². The number of benzene rings is 2. The van der Waals surface area contributed by atoms with Crippen LogP contribution in [0.1, 0.15) is 12.5 Å². The number of carbonyl (C=O) groups excluding carboxylic acids is 1. The molecule has 0 spiro atoms. The average molecular weight is 457 g/mol. The quantitative estimate of drug-likeness (QED) is 0.327. The van der Waals surface area contributed by atoms with Crippen molar-refractivity contribution in [2.24, 2.45) is 0 Å². The van der Waals surface area contributed by atoms with Crippen LogP contribution in [0.4, 0.5) is 5.69 Å². The van der Waals surface area contributed by atoms with Crippen molar-refractivity contribution >= 4 is 33.6 Å². The van der Waals surface area contributed by atoms with E-state index in [0.29, 0.717) is 46.2 Å². The van der Waals surface area contributed by atoms with Crippen LogP contribution < -0.4 is 19.5 Å². The van der Waals surface area contributed by atoms with Gasteiger partial charge in [0.25, 0.3) is 5.91 Å². The zero-order valence-corrected chi connectivity index (χ0v) is 17.8. The summed E-state index contributed by atoms with van der Waals surface area (Å²) in [6.07, 6.45) is 3.10. The molecule has 0 unspecified atom stereocenters. The van der Waals surface area contributed by atoms with Crippen LogP contribution in [0, 0.1) is 11.3 Å². The van der Waals surface area contributed by atoms with E-state index in [1.165, 1.54) is 13.2 Å². The largest absolute Gasteiger partial charge is 0.494 e. The van der Waals surface area contributed by atoms with Crippen molar-refractivity contribution in [3.05, 3.63) is 64.7 Å². The molecule has 2 aromatic rings. The summed E-state index contributed by atoms with van der Waals surface area (Å²) in [6.45, 7) is 6.33. The molecule has 0 bridgehead atoms. The van der Waals surface area contributed by atoms with Crippen LogP contribution in [0.2, 0.25) is 0 Å². The van der Waals surface area contributed by atoms with Crippen LogP contribution in [0.5, 0.6) is 17.2 Å². The lowest BCUT2D eigenvalue weighted by atomic mass is 10.1. The van der Waals surface area contributed by atoms with E-state index in [1.807, 2.05) is 13.0 Å². The Bertz CT molecular complexity index is 964. The Labute approximate surface area is 178 Å². The van der Waals surface area contributed by atoms with Crippen molar-refractivity contribution in [3.63, 3.8) is 0 Å². The molecular weight excluding hydrogens is 436 g/mol. The molecule has 0 saturated heterocycles. The topological polar surface area (TPSA) is 80.6 Å². The van der Waals surface area contributed by atoms with Gasteiger partial charge in [0.1, 0.15) is 24.0 Å². The Balaban J connectivity index is 2.28. The van der Waals surface area contributed by atoms with Gasteiger partial charge in [0, 0.05) is 16.2 Å². The van der Waals surface area contributed by atoms with Crippen LogP contribution in [0.25, 0.3) is 6.08 Å². The number of nitriles is 1. The highest BCUT2D eigenvalue weighted by Crippen LogP contribution is 2.34.